The van der Waals surface area contributed by atoms with Crippen LogP contribution in [-0.2, 0) is 17.1 Å². The number of esters is 1. The summed E-state index contributed by atoms with van der Waals surface area (Å²) >= 11 is 0. The second-order valence-corrected chi connectivity index (χ2v) is 5.44. The van der Waals surface area contributed by atoms with Crippen LogP contribution < -0.4 is 10.9 Å². The summed E-state index contributed by atoms with van der Waals surface area (Å²) in [6, 6.07) is 3.48. The summed E-state index contributed by atoms with van der Waals surface area (Å²) in [6.45, 7) is 1.03. The minimum Gasteiger partial charge on any atom is -0.462 e. The molecule has 12 heteroatoms. The standard InChI is InChI=1S/C17H11F6NO5/c1-2-28-14(26)10-7-11(15(27)29-12(10)17(21,22)23)24-13(25)8-4-3-5-9(6-8)16(18,19)20/h3-7H,2H2,1H3,(H,24,25). The van der Waals surface area contributed by atoms with E-state index in [0.717, 1.165) is 12.1 Å². The zero-order chi connectivity index (χ0) is 22.0. The number of carbonyl (C=O) groups is 2. The Kier molecular flexibility index (Phi) is 6.04. The summed E-state index contributed by atoms with van der Waals surface area (Å²) in [7, 11) is 0. The molecule has 0 spiro atoms. The molecule has 0 saturated carbocycles. The van der Waals surface area contributed by atoms with Crippen LogP contribution in [0.4, 0.5) is 32.0 Å². The maximum Gasteiger partial charge on any atom is 0.450 e. The number of rotatable bonds is 4. The minimum absolute atomic E-state index is 0.290. The summed E-state index contributed by atoms with van der Waals surface area (Å²) in [4.78, 5) is 35.7. The molecular weight excluding hydrogens is 412 g/mol. The molecule has 0 radical (unpaired) electrons. The van der Waals surface area contributed by atoms with Crippen molar-refractivity contribution in [3.63, 3.8) is 0 Å². The predicted molar refractivity (Wildman–Crippen MR) is 85.3 cm³/mol. The maximum absolute atomic E-state index is 13.0. The summed E-state index contributed by atoms with van der Waals surface area (Å²) in [6.07, 6.45) is -9.97. The molecule has 0 atom stereocenters. The number of hydrogen-bond acceptors (Lipinski definition) is 5. The smallest absolute Gasteiger partial charge is 0.450 e. The molecule has 0 fully saturated rings. The van der Waals surface area contributed by atoms with E-state index in [2.05, 4.69) is 9.15 Å². The van der Waals surface area contributed by atoms with Gasteiger partial charge in [0.05, 0.1) is 12.2 Å². The van der Waals surface area contributed by atoms with Gasteiger partial charge in [-0.1, -0.05) is 6.07 Å². The summed E-state index contributed by atoms with van der Waals surface area (Å²) in [5.74, 6) is -4.64. The zero-order valence-corrected chi connectivity index (χ0v) is 14.4. The lowest BCUT2D eigenvalue weighted by atomic mass is 10.1. The Labute approximate surface area is 158 Å². The average molecular weight is 423 g/mol. The van der Waals surface area contributed by atoms with Gasteiger partial charge >= 0.3 is 23.9 Å². The number of amides is 1. The highest BCUT2D eigenvalue weighted by Crippen LogP contribution is 2.33. The van der Waals surface area contributed by atoms with Gasteiger partial charge in [0, 0.05) is 5.56 Å². The molecule has 1 N–H and O–H groups in total. The molecule has 1 heterocycles. The number of benzene rings is 1. The highest BCUT2D eigenvalue weighted by atomic mass is 19.4. The molecule has 2 rings (SSSR count). The molecular formula is C17H11F6NO5. The number of halogens is 6. The molecule has 29 heavy (non-hydrogen) atoms. The fourth-order valence-electron chi connectivity index (χ4n) is 2.16. The van der Waals surface area contributed by atoms with E-state index < -0.39 is 58.0 Å². The van der Waals surface area contributed by atoms with Crippen LogP contribution >= 0.6 is 0 Å². The first-order valence-corrected chi connectivity index (χ1v) is 7.75. The predicted octanol–water partition coefficient (Wildman–Crippen LogP) is 4.11. The lowest BCUT2D eigenvalue weighted by Crippen LogP contribution is -2.23. The van der Waals surface area contributed by atoms with Crippen LogP contribution in [0.5, 0.6) is 0 Å². The molecule has 0 aliphatic rings. The van der Waals surface area contributed by atoms with Crippen LogP contribution in [0.15, 0.2) is 39.5 Å². The van der Waals surface area contributed by atoms with Crippen molar-refractivity contribution in [2.45, 2.75) is 19.3 Å². The van der Waals surface area contributed by atoms with Gasteiger partial charge in [-0.25, -0.2) is 9.59 Å². The molecule has 2 aromatic rings. The van der Waals surface area contributed by atoms with Gasteiger partial charge in [0.25, 0.3) is 5.91 Å². The van der Waals surface area contributed by atoms with Gasteiger partial charge in [0.15, 0.2) is 0 Å². The van der Waals surface area contributed by atoms with Gasteiger partial charge in [-0.15, -0.1) is 0 Å². The first-order valence-electron chi connectivity index (χ1n) is 7.75. The molecule has 1 aromatic heterocycles. The van der Waals surface area contributed by atoms with E-state index in [1.165, 1.54) is 6.92 Å². The van der Waals surface area contributed by atoms with Crippen LogP contribution in [0.2, 0.25) is 0 Å². The van der Waals surface area contributed by atoms with E-state index in [9.17, 15) is 40.7 Å². The number of nitrogens with one attached hydrogen (secondary N) is 1. The summed E-state index contributed by atoms with van der Waals surface area (Å²) in [5, 5.41) is 1.83. The molecule has 6 nitrogen and oxygen atoms in total. The van der Waals surface area contributed by atoms with Gasteiger partial charge in [0.2, 0.25) is 5.76 Å². The molecule has 0 saturated heterocycles. The zero-order valence-electron chi connectivity index (χ0n) is 14.4. The lowest BCUT2D eigenvalue weighted by Gasteiger charge is -2.12. The Hall–Kier alpha value is -3.31. The lowest BCUT2D eigenvalue weighted by molar-refractivity contribution is -0.155. The van der Waals surface area contributed by atoms with Crippen molar-refractivity contribution in [1.82, 2.24) is 0 Å². The van der Waals surface area contributed by atoms with Crippen molar-refractivity contribution in [3.05, 3.63) is 63.2 Å². The second kappa shape index (κ2) is 7.97. The van der Waals surface area contributed by atoms with Crippen molar-refractivity contribution in [3.8, 4) is 0 Å². The van der Waals surface area contributed by atoms with Crippen molar-refractivity contribution >= 4 is 17.6 Å². The Morgan fingerprint density at radius 3 is 2.28 bits per heavy atom. The second-order valence-electron chi connectivity index (χ2n) is 5.44. The SMILES string of the molecule is CCOC(=O)c1cc(NC(=O)c2cccc(C(F)(F)F)c2)c(=O)oc1C(F)(F)F. The average Bonchev–Trinajstić information content (AvgIpc) is 2.61. The number of ether oxygens (including phenoxy) is 1. The molecule has 0 aliphatic heterocycles. The van der Waals surface area contributed by atoms with Crippen molar-refractivity contribution < 1.29 is 45.1 Å². The topological polar surface area (TPSA) is 85.6 Å². The number of alkyl halides is 6. The monoisotopic (exact) mass is 423 g/mol. The Balaban J connectivity index is 2.45. The number of carbonyl (C=O) groups excluding carboxylic acids is 2. The third-order valence-electron chi connectivity index (χ3n) is 3.40. The van der Waals surface area contributed by atoms with Gasteiger partial charge in [-0.2, -0.15) is 26.3 Å². The Morgan fingerprint density at radius 1 is 1.07 bits per heavy atom. The normalized spacial score (nSPS) is 11.8. The summed E-state index contributed by atoms with van der Waals surface area (Å²) in [5.41, 5.74) is -5.42. The minimum atomic E-state index is -5.22. The van der Waals surface area contributed by atoms with Crippen LogP contribution in [0.3, 0.4) is 0 Å². The van der Waals surface area contributed by atoms with Gasteiger partial charge in [0.1, 0.15) is 11.3 Å². The molecule has 1 aromatic carbocycles. The van der Waals surface area contributed by atoms with Gasteiger partial charge < -0.3 is 14.5 Å². The van der Waals surface area contributed by atoms with Crippen molar-refractivity contribution in [1.29, 1.82) is 0 Å². The van der Waals surface area contributed by atoms with Gasteiger partial charge in [-0.3, -0.25) is 4.79 Å². The van der Waals surface area contributed by atoms with E-state index in [-0.39, 0.29) is 6.61 Å². The fraction of sp³-hybridized carbons (Fsp3) is 0.235. The van der Waals surface area contributed by atoms with Crippen molar-refractivity contribution in [2.75, 3.05) is 11.9 Å². The Bertz CT molecular complexity index is 993. The van der Waals surface area contributed by atoms with E-state index in [1.54, 1.807) is 0 Å². The molecule has 1 amide bonds. The van der Waals surface area contributed by atoms with E-state index in [4.69, 9.17) is 0 Å². The van der Waals surface area contributed by atoms with Gasteiger partial charge in [-0.05, 0) is 31.2 Å². The summed E-state index contributed by atoms with van der Waals surface area (Å²) < 4.78 is 85.8. The fourth-order valence-corrected chi connectivity index (χ4v) is 2.16. The van der Waals surface area contributed by atoms with Crippen LogP contribution in [0.1, 0.15) is 39.0 Å². The van der Waals surface area contributed by atoms with Crippen LogP contribution in [-0.4, -0.2) is 18.5 Å². The van der Waals surface area contributed by atoms with E-state index >= 15 is 0 Å². The van der Waals surface area contributed by atoms with E-state index in [1.807, 2.05) is 5.32 Å². The number of hydrogen-bond donors (Lipinski definition) is 1. The quantitative estimate of drug-likeness (QED) is 0.591. The van der Waals surface area contributed by atoms with Crippen LogP contribution in [0.25, 0.3) is 0 Å². The Morgan fingerprint density at radius 2 is 1.72 bits per heavy atom. The highest BCUT2D eigenvalue weighted by molar-refractivity contribution is 6.04. The van der Waals surface area contributed by atoms with E-state index in [0.29, 0.717) is 18.2 Å². The number of anilines is 1. The van der Waals surface area contributed by atoms with Crippen LogP contribution in [0, 0.1) is 0 Å². The molecule has 0 aliphatic carbocycles. The van der Waals surface area contributed by atoms with Crippen molar-refractivity contribution in [2.24, 2.45) is 0 Å². The first-order chi connectivity index (χ1) is 13.3. The first kappa shape index (κ1) is 22.0. The molecule has 0 bridgehead atoms. The maximum atomic E-state index is 13.0. The highest BCUT2D eigenvalue weighted by Gasteiger charge is 2.40. The third-order valence-corrected chi connectivity index (χ3v) is 3.40. The third kappa shape index (κ3) is 5.15. The largest absolute Gasteiger partial charge is 0.462 e. The molecule has 156 valence electrons. The molecule has 0 unspecified atom stereocenters.